The van der Waals surface area contributed by atoms with Gasteiger partial charge in [0.25, 0.3) is 0 Å². The molecule has 17 heavy (non-hydrogen) atoms. The van der Waals surface area contributed by atoms with Gasteiger partial charge < -0.3 is 15.2 Å². The quantitative estimate of drug-likeness (QED) is 0.606. The molecular formula is C11H22N2O3S. The van der Waals surface area contributed by atoms with E-state index in [1.807, 2.05) is 0 Å². The highest BCUT2D eigenvalue weighted by molar-refractivity contribution is 7.99. The van der Waals surface area contributed by atoms with Crippen molar-refractivity contribution in [2.75, 3.05) is 50.8 Å². The standard InChI is InChI=1S/C11H22N2O3S/c1-2-16-11(15)9-17-8-10(14)7-13-5-3-12-4-6-13/h10,12,14H,2-9H2,1H3. The lowest BCUT2D eigenvalue weighted by Crippen LogP contribution is -2.46. The summed E-state index contributed by atoms with van der Waals surface area (Å²) in [6, 6.07) is 0. The third-order valence-electron chi connectivity index (χ3n) is 2.51. The summed E-state index contributed by atoms with van der Waals surface area (Å²) in [7, 11) is 0. The molecule has 2 N–H and O–H groups in total. The van der Waals surface area contributed by atoms with Gasteiger partial charge >= 0.3 is 5.97 Å². The first-order chi connectivity index (χ1) is 8.22. The maximum absolute atomic E-state index is 11.1. The summed E-state index contributed by atoms with van der Waals surface area (Å²) in [5.41, 5.74) is 0. The minimum atomic E-state index is -0.368. The Balaban J connectivity index is 2.03. The molecule has 0 aromatic carbocycles. The van der Waals surface area contributed by atoms with Crippen molar-refractivity contribution in [3.63, 3.8) is 0 Å². The van der Waals surface area contributed by atoms with Gasteiger partial charge in [-0.25, -0.2) is 0 Å². The first kappa shape index (κ1) is 14.8. The van der Waals surface area contributed by atoms with Crippen LogP contribution in [0.25, 0.3) is 0 Å². The Labute approximate surface area is 107 Å². The van der Waals surface area contributed by atoms with E-state index in [1.54, 1.807) is 6.92 Å². The van der Waals surface area contributed by atoms with Crippen LogP contribution < -0.4 is 5.32 Å². The number of nitrogens with one attached hydrogen (secondary N) is 1. The van der Waals surface area contributed by atoms with E-state index in [-0.39, 0.29) is 12.1 Å². The summed E-state index contributed by atoms with van der Waals surface area (Å²) < 4.78 is 4.81. The molecule has 0 amide bonds. The van der Waals surface area contributed by atoms with Crippen LogP contribution in [0.1, 0.15) is 6.92 Å². The van der Waals surface area contributed by atoms with Crippen LogP contribution in [0.2, 0.25) is 0 Å². The minimum Gasteiger partial charge on any atom is -0.465 e. The lowest BCUT2D eigenvalue weighted by Gasteiger charge is -2.28. The third-order valence-corrected chi connectivity index (χ3v) is 3.57. The zero-order chi connectivity index (χ0) is 12.5. The van der Waals surface area contributed by atoms with Gasteiger partial charge in [0.2, 0.25) is 0 Å². The number of aliphatic hydroxyl groups is 1. The maximum atomic E-state index is 11.1. The molecule has 5 nitrogen and oxygen atoms in total. The first-order valence-corrected chi connectivity index (χ1v) is 7.22. The van der Waals surface area contributed by atoms with Crippen LogP contribution in [0.4, 0.5) is 0 Å². The number of hydrogen-bond donors (Lipinski definition) is 2. The van der Waals surface area contributed by atoms with E-state index in [4.69, 9.17) is 4.74 Å². The van der Waals surface area contributed by atoms with E-state index in [2.05, 4.69) is 10.2 Å². The van der Waals surface area contributed by atoms with Crippen molar-refractivity contribution in [3.05, 3.63) is 0 Å². The Morgan fingerprint density at radius 3 is 2.88 bits per heavy atom. The number of carbonyl (C=O) groups is 1. The van der Waals surface area contributed by atoms with Gasteiger partial charge in [0.05, 0.1) is 18.5 Å². The number of thioether (sulfide) groups is 1. The van der Waals surface area contributed by atoms with Crippen molar-refractivity contribution in [2.45, 2.75) is 13.0 Å². The highest BCUT2D eigenvalue weighted by atomic mass is 32.2. The smallest absolute Gasteiger partial charge is 0.315 e. The number of hydrogen-bond acceptors (Lipinski definition) is 6. The van der Waals surface area contributed by atoms with Crippen molar-refractivity contribution in [3.8, 4) is 0 Å². The lowest BCUT2D eigenvalue weighted by atomic mass is 10.3. The van der Waals surface area contributed by atoms with Crippen LogP contribution in [0.3, 0.4) is 0 Å². The molecule has 1 aliphatic heterocycles. The zero-order valence-corrected chi connectivity index (χ0v) is 11.2. The number of aliphatic hydroxyl groups excluding tert-OH is 1. The second kappa shape index (κ2) is 8.74. The van der Waals surface area contributed by atoms with E-state index in [1.165, 1.54) is 11.8 Å². The Morgan fingerprint density at radius 1 is 1.53 bits per heavy atom. The number of rotatable bonds is 7. The molecule has 6 heteroatoms. The third kappa shape index (κ3) is 6.88. The lowest BCUT2D eigenvalue weighted by molar-refractivity contribution is -0.139. The number of carbonyl (C=O) groups excluding carboxylic acids is 1. The van der Waals surface area contributed by atoms with E-state index >= 15 is 0 Å². The van der Waals surface area contributed by atoms with Gasteiger partial charge in [-0.3, -0.25) is 9.69 Å². The molecular weight excluding hydrogens is 240 g/mol. The fourth-order valence-electron chi connectivity index (χ4n) is 1.73. The van der Waals surface area contributed by atoms with Gasteiger partial charge in [-0.05, 0) is 6.92 Å². The summed E-state index contributed by atoms with van der Waals surface area (Å²) in [5, 5.41) is 13.1. The van der Waals surface area contributed by atoms with E-state index in [0.29, 0.717) is 24.7 Å². The minimum absolute atomic E-state index is 0.202. The van der Waals surface area contributed by atoms with E-state index < -0.39 is 0 Å². The summed E-state index contributed by atoms with van der Waals surface area (Å²) in [6.07, 6.45) is -0.368. The molecule has 0 saturated carbocycles. The molecule has 0 aliphatic carbocycles. The molecule has 100 valence electrons. The van der Waals surface area contributed by atoms with Gasteiger partial charge in [0.15, 0.2) is 0 Å². The van der Waals surface area contributed by atoms with Gasteiger partial charge in [-0.2, -0.15) is 0 Å². The molecule has 1 heterocycles. The molecule has 0 radical (unpaired) electrons. The summed E-state index contributed by atoms with van der Waals surface area (Å²) in [5.74, 6) is 0.710. The average Bonchev–Trinajstić information content (AvgIpc) is 2.30. The average molecular weight is 262 g/mol. The van der Waals surface area contributed by atoms with Gasteiger partial charge in [0, 0.05) is 38.5 Å². The van der Waals surface area contributed by atoms with Gasteiger partial charge in [-0.1, -0.05) is 0 Å². The predicted octanol–water partition coefficient (Wildman–Crippen LogP) is -0.451. The van der Waals surface area contributed by atoms with Crippen molar-refractivity contribution < 1.29 is 14.6 Å². The van der Waals surface area contributed by atoms with Crippen molar-refractivity contribution >= 4 is 17.7 Å². The number of esters is 1. The first-order valence-electron chi connectivity index (χ1n) is 6.07. The molecule has 1 fully saturated rings. The van der Waals surface area contributed by atoms with Gasteiger partial charge in [-0.15, -0.1) is 11.8 Å². The Morgan fingerprint density at radius 2 is 2.24 bits per heavy atom. The molecule has 1 saturated heterocycles. The maximum Gasteiger partial charge on any atom is 0.315 e. The molecule has 0 bridgehead atoms. The second-order valence-electron chi connectivity index (χ2n) is 4.02. The Bertz CT molecular complexity index is 223. The number of β-amino-alcohol motifs (C(OH)–C–C–N with tert-alkyl or cyclic N) is 1. The van der Waals surface area contributed by atoms with Crippen LogP contribution in [0.15, 0.2) is 0 Å². The highest BCUT2D eigenvalue weighted by Gasteiger charge is 2.14. The summed E-state index contributed by atoms with van der Waals surface area (Å²) in [6.45, 7) is 6.85. The fraction of sp³-hybridized carbons (Fsp3) is 0.909. The zero-order valence-electron chi connectivity index (χ0n) is 10.4. The second-order valence-corrected chi connectivity index (χ2v) is 5.05. The monoisotopic (exact) mass is 262 g/mol. The molecule has 0 aromatic rings. The van der Waals surface area contributed by atoms with Crippen LogP contribution >= 0.6 is 11.8 Å². The summed E-state index contributed by atoms with van der Waals surface area (Å²) >= 11 is 1.43. The molecule has 1 rings (SSSR count). The van der Waals surface area contributed by atoms with Crippen molar-refractivity contribution in [1.29, 1.82) is 0 Å². The van der Waals surface area contributed by atoms with Crippen LogP contribution in [-0.2, 0) is 9.53 Å². The van der Waals surface area contributed by atoms with E-state index in [0.717, 1.165) is 26.2 Å². The topological polar surface area (TPSA) is 61.8 Å². The molecule has 1 unspecified atom stereocenters. The normalized spacial score (nSPS) is 18.9. The van der Waals surface area contributed by atoms with Crippen LogP contribution in [-0.4, -0.2) is 72.9 Å². The number of nitrogens with zero attached hydrogens (tertiary/aromatic N) is 1. The summed E-state index contributed by atoms with van der Waals surface area (Å²) in [4.78, 5) is 13.3. The fourth-order valence-corrected chi connectivity index (χ4v) is 2.47. The van der Waals surface area contributed by atoms with Crippen molar-refractivity contribution in [2.24, 2.45) is 0 Å². The molecule has 0 spiro atoms. The number of ether oxygens (including phenoxy) is 1. The Hall–Kier alpha value is -0.300. The SMILES string of the molecule is CCOC(=O)CSCC(O)CN1CCNCC1. The Kier molecular flexibility index (Phi) is 7.59. The molecule has 0 aromatic heterocycles. The van der Waals surface area contributed by atoms with Crippen LogP contribution in [0, 0.1) is 0 Å². The van der Waals surface area contributed by atoms with E-state index in [9.17, 15) is 9.90 Å². The van der Waals surface area contributed by atoms with Gasteiger partial charge in [0.1, 0.15) is 0 Å². The van der Waals surface area contributed by atoms with Crippen LogP contribution in [0.5, 0.6) is 0 Å². The largest absolute Gasteiger partial charge is 0.465 e. The number of piperazine rings is 1. The molecule has 1 aliphatic rings. The highest BCUT2D eigenvalue weighted by Crippen LogP contribution is 2.05. The van der Waals surface area contributed by atoms with Crippen molar-refractivity contribution in [1.82, 2.24) is 10.2 Å². The predicted molar refractivity (Wildman–Crippen MR) is 69.3 cm³/mol. The molecule has 1 atom stereocenters.